The van der Waals surface area contributed by atoms with Crippen molar-refractivity contribution < 1.29 is 14.4 Å². The van der Waals surface area contributed by atoms with Crippen LogP contribution in [0.25, 0.3) is 0 Å². The Kier molecular flexibility index (Phi) is 3.18. The van der Waals surface area contributed by atoms with Gasteiger partial charge < -0.3 is 4.90 Å². The van der Waals surface area contributed by atoms with Crippen molar-refractivity contribution in [2.24, 2.45) is 5.92 Å². The van der Waals surface area contributed by atoms with Crippen LogP contribution in [0.15, 0.2) is 0 Å². The van der Waals surface area contributed by atoms with Gasteiger partial charge in [0.1, 0.15) is 12.6 Å². The molecular formula is C10H14N2O3S. The lowest BCUT2D eigenvalue weighted by molar-refractivity contribution is -0.151. The Morgan fingerprint density at radius 1 is 1.50 bits per heavy atom. The van der Waals surface area contributed by atoms with Gasteiger partial charge in [-0.3, -0.25) is 19.7 Å². The van der Waals surface area contributed by atoms with Gasteiger partial charge in [-0.1, -0.05) is 0 Å². The minimum Gasteiger partial charge on any atom is -0.321 e. The van der Waals surface area contributed by atoms with E-state index in [2.05, 4.69) is 5.32 Å². The molecule has 3 amide bonds. The summed E-state index contributed by atoms with van der Waals surface area (Å²) in [7, 11) is 0. The molecule has 5 nitrogen and oxygen atoms in total. The summed E-state index contributed by atoms with van der Waals surface area (Å²) >= 11 is 1.74. The van der Waals surface area contributed by atoms with Crippen LogP contribution in [0.1, 0.15) is 13.3 Å². The molecule has 2 aliphatic rings. The topological polar surface area (TPSA) is 66.5 Å². The number of nitrogens with one attached hydrogen (secondary N) is 1. The van der Waals surface area contributed by atoms with Crippen molar-refractivity contribution in [2.75, 3.05) is 18.1 Å². The van der Waals surface area contributed by atoms with Crippen LogP contribution in [0.3, 0.4) is 0 Å². The summed E-state index contributed by atoms with van der Waals surface area (Å²) in [5.74, 6) is 0.945. The first-order valence-corrected chi connectivity index (χ1v) is 6.47. The second kappa shape index (κ2) is 4.45. The molecule has 0 radical (unpaired) electrons. The summed E-state index contributed by atoms with van der Waals surface area (Å²) in [6.45, 7) is 1.66. The molecule has 0 aromatic carbocycles. The first-order chi connectivity index (χ1) is 7.59. The number of amides is 3. The molecule has 0 bridgehead atoms. The Balaban J connectivity index is 2.09. The number of rotatable bonds is 1. The van der Waals surface area contributed by atoms with Crippen molar-refractivity contribution in [3.05, 3.63) is 0 Å². The zero-order valence-corrected chi connectivity index (χ0v) is 9.88. The Bertz CT molecular complexity index is 339. The average molecular weight is 242 g/mol. The number of imide groups is 1. The third-order valence-electron chi connectivity index (χ3n) is 2.99. The van der Waals surface area contributed by atoms with Crippen LogP contribution in [0.5, 0.6) is 0 Å². The zero-order chi connectivity index (χ0) is 11.7. The summed E-state index contributed by atoms with van der Waals surface area (Å²) in [5, 5.41) is 2.23. The zero-order valence-electron chi connectivity index (χ0n) is 9.06. The molecule has 2 unspecified atom stereocenters. The Hall–Kier alpha value is -1.04. The fourth-order valence-electron chi connectivity index (χ4n) is 1.95. The normalized spacial score (nSPS) is 30.4. The first kappa shape index (κ1) is 11.4. The summed E-state index contributed by atoms with van der Waals surface area (Å²) < 4.78 is 0. The lowest BCUT2D eigenvalue weighted by Crippen LogP contribution is -2.59. The quantitative estimate of drug-likeness (QED) is 0.636. The van der Waals surface area contributed by atoms with Crippen LogP contribution >= 0.6 is 11.8 Å². The molecule has 2 fully saturated rings. The van der Waals surface area contributed by atoms with Crippen LogP contribution in [-0.4, -0.2) is 46.7 Å². The molecule has 1 N–H and O–H groups in total. The highest BCUT2D eigenvalue weighted by atomic mass is 32.2. The molecule has 2 saturated heterocycles. The summed E-state index contributed by atoms with van der Waals surface area (Å²) in [5.41, 5.74) is 0. The van der Waals surface area contributed by atoms with E-state index in [-0.39, 0.29) is 30.2 Å². The maximum Gasteiger partial charge on any atom is 0.249 e. The Labute approximate surface area is 97.9 Å². The van der Waals surface area contributed by atoms with Crippen LogP contribution in [0, 0.1) is 5.92 Å². The maximum atomic E-state index is 12.1. The standard InChI is InChI=1S/C10H14N2O3S/c1-6-9(14)11-8(13)4-12(6)10(15)7-2-3-16-5-7/h6-7H,2-5H2,1H3,(H,11,13,14). The van der Waals surface area contributed by atoms with Gasteiger partial charge in [0, 0.05) is 11.7 Å². The van der Waals surface area contributed by atoms with Gasteiger partial charge in [0.05, 0.1) is 0 Å². The summed E-state index contributed by atoms with van der Waals surface area (Å²) in [6.07, 6.45) is 0.850. The largest absolute Gasteiger partial charge is 0.321 e. The van der Waals surface area contributed by atoms with Crippen LogP contribution in [0.4, 0.5) is 0 Å². The lowest BCUT2D eigenvalue weighted by atomic mass is 10.1. The molecule has 16 heavy (non-hydrogen) atoms. The maximum absolute atomic E-state index is 12.1. The molecule has 0 spiro atoms. The highest BCUT2D eigenvalue weighted by molar-refractivity contribution is 7.99. The smallest absolute Gasteiger partial charge is 0.249 e. The number of carbonyl (C=O) groups is 3. The van der Waals surface area contributed by atoms with E-state index in [0.29, 0.717) is 0 Å². The van der Waals surface area contributed by atoms with Gasteiger partial charge in [-0.2, -0.15) is 11.8 Å². The predicted octanol–water partition coefficient (Wildman–Crippen LogP) is -0.387. The van der Waals surface area contributed by atoms with E-state index in [4.69, 9.17) is 0 Å². The summed E-state index contributed by atoms with van der Waals surface area (Å²) in [6, 6.07) is -0.532. The second-order valence-corrected chi connectivity index (χ2v) is 5.26. The van der Waals surface area contributed by atoms with Gasteiger partial charge >= 0.3 is 0 Å². The van der Waals surface area contributed by atoms with Crippen LogP contribution in [0.2, 0.25) is 0 Å². The van der Waals surface area contributed by atoms with Crippen LogP contribution in [-0.2, 0) is 14.4 Å². The van der Waals surface area contributed by atoms with E-state index in [1.165, 1.54) is 4.90 Å². The molecule has 88 valence electrons. The third kappa shape index (κ3) is 2.07. The minimum absolute atomic E-state index is 0.00685. The van der Waals surface area contributed by atoms with Crippen molar-refractivity contribution in [1.29, 1.82) is 0 Å². The van der Waals surface area contributed by atoms with Gasteiger partial charge in [-0.15, -0.1) is 0 Å². The lowest BCUT2D eigenvalue weighted by Gasteiger charge is -2.33. The first-order valence-electron chi connectivity index (χ1n) is 5.31. The highest BCUT2D eigenvalue weighted by Gasteiger charge is 2.37. The van der Waals surface area contributed by atoms with Crippen molar-refractivity contribution in [3.63, 3.8) is 0 Å². The monoisotopic (exact) mass is 242 g/mol. The number of carbonyl (C=O) groups excluding carboxylic acids is 3. The number of thioether (sulfide) groups is 1. The Morgan fingerprint density at radius 3 is 2.88 bits per heavy atom. The fourth-order valence-corrected chi connectivity index (χ4v) is 3.16. The van der Waals surface area contributed by atoms with E-state index in [1.807, 2.05) is 0 Å². The van der Waals surface area contributed by atoms with Crippen LogP contribution < -0.4 is 5.32 Å². The predicted molar refractivity (Wildman–Crippen MR) is 59.8 cm³/mol. The van der Waals surface area contributed by atoms with E-state index in [1.54, 1.807) is 18.7 Å². The molecular weight excluding hydrogens is 228 g/mol. The van der Waals surface area contributed by atoms with Gasteiger partial charge in [0.2, 0.25) is 17.7 Å². The van der Waals surface area contributed by atoms with Gasteiger partial charge in [-0.25, -0.2) is 0 Å². The van der Waals surface area contributed by atoms with E-state index >= 15 is 0 Å². The molecule has 0 aromatic heterocycles. The molecule has 2 atom stereocenters. The Morgan fingerprint density at radius 2 is 2.25 bits per heavy atom. The molecule has 0 aliphatic carbocycles. The number of hydrogen-bond donors (Lipinski definition) is 1. The van der Waals surface area contributed by atoms with E-state index in [9.17, 15) is 14.4 Å². The molecule has 6 heteroatoms. The number of nitrogens with zero attached hydrogens (tertiary/aromatic N) is 1. The second-order valence-electron chi connectivity index (χ2n) is 4.12. The summed E-state index contributed by atoms with van der Waals surface area (Å²) in [4.78, 5) is 36.1. The number of hydrogen-bond acceptors (Lipinski definition) is 4. The molecule has 2 aliphatic heterocycles. The van der Waals surface area contributed by atoms with Crippen molar-refractivity contribution in [3.8, 4) is 0 Å². The van der Waals surface area contributed by atoms with Gasteiger partial charge in [0.15, 0.2) is 0 Å². The average Bonchev–Trinajstić information content (AvgIpc) is 2.75. The SMILES string of the molecule is CC1C(=O)NC(=O)CN1C(=O)C1CCSC1. The van der Waals surface area contributed by atoms with Crippen molar-refractivity contribution in [2.45, 2.75) is 19.4 Å². The van der Waals surface area contributed by atoms with Gasteiger partial charge in [-0.05, 0) is 19.1 Å². The minimum atomic E-state index is -0.532. The van der Waals surface area contributed by atoms with Crippen molar-refractivity contribution >= 4 is 29.5 Å². The molecule has 0 aromatic rings. The van der Waals surface area contributed by atoms with E-state index in [0.717, 1.165) is 17.9 Å². The number of piperazine rings is 1. The molecule has 2 rings (SSSR count). The fraction of sp³-hybridized carbons (Fsp3) is 0.700. The van der Waals surface area contributed by atoms with Gasteiger partial charge in [0.25, 0.3) is 0 Å². The third-order valence-corrected chi connectivity index (χ3v) is 4.15. The highest BCUT2D eigenvalue weighted by Crippen LogP contribution is 2.26. The van der Waals surface area contributed by atoms with Crippen molar-refractivity contribution in [1.82, 2.24) is 10.2 Å². The van der Waals surface area contributed by atoms with E-state index < -0.39 is 6.04 Å². The molecule has 0 saturated carbocycles. The molecule has 2 heterocycles.